The topological polar surface area (TPSA) is 57.5 Å². The normalized spacial score (nSPS) is 12.0. The van der Waals surface area contributed by atoms with Gasteiger partial charge < -0.3 is 14.0 Å². The van der Waals surface area contributed by atoms with Gasteiger partial charge in [0.1, 0.15) is 5.69 Å². The van der Waals surface area contributed by atoms with Gasteiger partial charge in [-0.3, -0.25) is 4.79 Å². The molecule has 5 heteroatoms. The van der Waals surface area contributed by atoms with Crippen LogP contribution in [-0.2, 0) is 21.3 Å². The maximum atomic E-state index is 12.5. The number of nitrogens with zero attached hydrogens (tertiary/aromatic N) is 1. The molecular formula is C20H19NO4. The standard InChI is InChI=1S/C20H19NO4/c1-13(22)25-19(14-9-5-4-6-10-14)17-15-11-7-8-12-16(15)21(2)18(17)20(23)24-3/h4-12,19H,1-3H3. The molecule has 0 aliphatic carbocycles. The van der Waals surface area contributed by atoms with E-state index in [1.54, 1.807) is 11.6 Å². The minimum Gasteiger partial charge on any atom is -0.464 e. The first kappa shape index (κ1) is 16.8. The first-order chi connectivity index (χ1) is 12.0. The molecule has 2 aromatic carbocycles. The molecule has 0 bridgehead atoms. The van der Waals surface area contributed by atoms with Crippen LogP contribution in [0.4, 0.5) is 0 Å². The summed E-state index contributed by atoms with van der Waals surface area (Å²) in [5.41, 5.74) is 2.66. The predicted octanol–water partition coefficient (Wildman–Crippen LogP) is 3.62. The van der Waals surface area contributed by atoms with Gasteiger partial charge in [0.2, 0.25) is 0 Å². The van der Waals surface area contributed by atoms with Gasteiger partial charge in [-0.2, -0.15) is 0 Å². The summed E-state index contributed by atoms with van der Waals surface area (Å²) >= 11 is 0. The van der Waals surface area contributed by atoms with Crippen LogP contribution >= 0.6 is 0 Å². The van der Waals surface area contributed by atoms with E-state index >= 15 is 0 Å². The summed E-state index contributed by atoms with van der Waals surface area (Å²) in [5, 5.41) is 0.848. The molecule has 0 saturated carbocycles. The number of fused-ring (bicyclic) bond motifs is 1. The van der Waals surface area contributed by atoms with E-state index in [0.717, 1.165) is 16.5 Å². The molecule has 1 heterocycles. The lowest BCUT2D eigenvalue weighted by atomic mass is 9.98. The molecule has 0 spiro atoms. The molecule has 0 saturated heterocycles. The zero-order chi connectivity index (χ0) is 18.0. The van der Waals surface area contributed by atoms with Crippen LogP contribution < -0.4 is 0 Å². The quantitative estimate of drug-likeness (QED) is 0.682. The second kappa shape index (κ2) is 6.81. The van der Waals surface area contributed by atoms with E-state index in [1.165, 1.54) is 14.0 Å². The fraction of sp³-hybridized carbons (Fsp3) is 0.200. The zero-order valence-corrected chi connectivity index (χ0v) is 14.4. The van der Waals surface area contributed by atoms with Crippen LogP contribution in [-0.4, -0.2) is 23.6 Å². The molecule has 0 amide bonds. The van der Waals surface area contributed by atoms with Gasteiger partial charge in [-0.1, -0.05) is 48.5 Å². The van der Waals surface area contributed by atoms with Gasteiger partial charge in [0.05, 0.1) is 7.11 Å². The van der Waals surface area contributed by atoms with Crippen LogP contribution in [0.5, 0.6) is 0 Å². The van der Waals surface area contributed by atoms with Gasteiger partial charge in [0.15, 0.2) is 6.10 Å². The highest BCUT2D eigenvalue weighted by Crippen LogP contribution is 2.36. The van der Waals surface area contributed by atoms with Crippen LogP contribution in [0.2, 0.25) is 0 Å². The first-order valence-electron chi connectivity index (χ1n) is 7.92. The number of para-hydroxylation sites is 1. The Bertz CT molecular complexity index is 928. The Kier molecular flexibility index (Phi) is 4.57. The van der Waals surface area contributed by atoms with E-state index in [0.29, 0.717) is 11.3 Å². The minimum atomic E-state index is -0.695. The number of aryl methyl sites for hydroxylation is 1. The molecule has 1 unspecified atom stereocenters. The number of ether oxygens (including phenoxy) is 2. The second-order valence-electron chi connectivity index (χ2n) is 5.73. The van der Waals surface area contributed by atoms with Crippen molar-refractivity contribution in [3.05, 3.63) is 71.4 Å². The summed E-state index contributed by atoms with van der Waals surface area (Å²) < 4.78 is 12.4. The molecule has 3 aromatic rings. The molecular weight excluding hydrogens is 318 g/mol. The third kappa shape index (κ3) is 3.01. The molecule has 0 N–H and O–H groups in total. The Morgan fingerprint density at radius 2 is 1.64 bits per heavy atom. The van der Waals surface area contributed by atoms with Crippen molar-refractivity contribution in [2.24, 2.45) is 7.05 Å². The summed E-state index contributed by atoms with van der Waals surface area (Å²) in [6.45, 7) is 1.36. The summed E-state index contributed by atoms with van der Waals surface area (Å²) in [4.78, 5) is 24.2. The van der Waals surface area contributed by atoms with Crippen LogP contribution in [0.1, 0.15) is 34.6 Å². The largest absolute Gasteiger partial charge is 0.464 e. The predicted molar refractivity (Wildman–Crippen MR) is 94.3 cm³/mol. The van der Waals surface area contributed by atoms with Crippen molar-refractivity contribution >= 4 is 22.8 Å². The molecule has 1 atom stereocenters. The molecule has 3 rings (SSSR count). The number of esters is 2. The van der Waals surface area contributed by atoms with Gasteiger partial charge >= 0.3 is 11.9 Å². The Labute approximate surface area is 145 Å². The van der Waals surface area contributed by atoms with E-state index in [-0.39, 0.29) is 0 Å². The van der Waals surface area contributed by atoms with Gasteiger partial charge in [-0.25, -0.2) is 4.79 Å². The average molecular weight is 337 g/mol. The molecule has 0 aliphatic heterocycles. The fourth-order valence-corrected chi connectivity index (χ4v) is 3.12. The van der Waals surface area contributed by atoms with Crippen LogP contribution in [0.15, 0.2) is 54.6 Å². The molecule has 128 valence electrons. The van der Waals surface area contributed by atoms with Crippen molar-refractivity contribution in [1.29, 1.82) is 0 Å². The Balaban J connectivity index is 2.33. The highest BCUT2D eigenvalue weighted by Gasteiger charge is 2.30. The molecule has 0 aliphatic rings. The molecule has 1 aromatic heterocycles. The van der Waals surface area contributed by atoms with Gasteiger partial charge in [0.25, 0.3) is 0 Å². The number of hydrogen-bond acceptors (Lipinski definition) is 4. The van der Waals surface area contributed by atoms with Crippen LogP contribution in [0.3, 0.4) is 0 Å². The maximum Gasteiger partial charge on any atom is 0.355 e. The maximum absolute atomic E-state index is 12.5. The zero-order valence-electron chi connectivity index (χ0n) is 14.4. The van der Waals surface area contributed by atoms with E-state index < -0.39 is 18.0 Å². The average Bonchev–Trinajstić information content (AvgIpc) is 2.92. The van der Waals surface area contributed by atoms with Crippen molar-refractivity contribution in [3.8, 4) is 0 Å². The number of aromatic nitrogens is 1. The van der Waals surface area contributed by atoms with E-state index in [2.05, 4.69) is 0 Å². The minimum absolute atomic E-state index is 0.374. The highest BCUT2D eigenvalue weighted by molar-refractivity contribution is 5.99. The second-order valence-corrected chi connectivity index (χ2v) is 5.73. The van der Waals surface area contributed by atoms with Gasteiger partial charge in [0, 0.05) is 30.4 Å². The highest BCUT2D eigenvalue weighted by atomic mass is 16.5. The van der Waals surface area contributed by atoms with Gasteiger partial charge in [-0.15, -0.1) is 0 Å². The summed E-state index contributed by atoms with van der Waals surface area (Å²) in [6, 6.07) is 17.0. The first-order valence-corrected chi connectivity index (χ1v) is 7.92. The summed E-state index contributed by atoms with van der Waals surface area (Å²) in [7, 11) is 3.14. The Morgan fingerprint density at radius 3 is 2.28 bits per heavy atom. The molecule has 0 radical (unpaired) electrons. The van der Waals surface area contributed by atoms with Crippen molar-refractivity contribution < 1.29 is 19.1 Å². The molecule has 25 heavy (non-hydrogen) atoms. The van der Waals surface area contributed by atoms with Crippen molar-refractivity contribution in [2.75, 3.05) is 7.11 Å². The SMILES string of the molecule is COC(=O)c1c(C(OC(C)=O)c2ccccc2)c2ccccc2n1C. The Hall–Kier alpha value is -3.08. The van der Waals surface area contributed by atoms with Gasteiger partial charge in [-0.05, 0) is 11.6 Å². The summed E-state index contributed by atoms with van der Waals surface area (Å²) in [5.74, 6) is -0.889. The third-order valence-corrected chi connectivity index (χ3v) is 4.17. The summed E-state index contributed by atoms with van der Waals surface area (Å²) in [6.07, 6.45) is -0.695. The molecule has 0 fully saturated rings. The lowest BCUT2D eigenvalue weighted by Crippen LogP contribution is -2.16. The molecule has 5 nitrogen and oxygen atoms in total. The van der Waals surface area contributed by atoms with E-state index in [4.69, 9.17) is 9.47 Å². The fourth-order valence-electron chi connectivity index (χ4n) is 3.12. The number of carbonyl (C=O) groups excluding carboxylic acids is 2. The monoisotopic (exact) mass is 337 g/mol. The van der Waals surface area contributed by atoms with Crippen molar-refractivity contribution in [3.63, 3.8) is 0 Å². The number of methoxy groups -OCH3 is 1. The lowest BCUT2D eigenvalue weighted by molar-refractivity contribution is -0.144. The Morgan fingerprint density at radius 1 is 1.00 bits per heavy atom. The number of carbonyl (C=O) groups is 2. The lowest BCUT2D eigenvalue weighted by Gasteiger charge is -2.19. The van der Waals surface area contributed by atoms with Crippen molar-refractivity contribution in [1.82, 2.24) is 4.57 Å². The number of benzene rings is 2. The van der Waals surface area contributed by atoms with Crippen LogP contribution in [0, 0.1) is 0 Å². The van der Waals surface area contributed by atoms with Crippen molar-refractivity contribution in [2.45, 2.75) is 13.0 Å². The number of hydrogen-bond donors (Lipinski definition) is 0. The number of rotatable bonds is 4. The smallest absolute Gasteiger partial charge is 0.355 e. The van der Waals surface area contributed by atoms with Crippen LogP contribution in [0.25, 0.3) is 10.9 Å². The third-order valence-electron chi connectivity index (χ3n) is 4.17. The van der Waals surface area contributed by atoms with E-state index in [9.17, 15) is 9.59 Å². The van der Waals surface area contributed by atoms with E-state index in [1.807, 2.05) is 54.6 Å².